The summed E-state index contributed by atoms with van der Waals surface area (Å²) in [5, 5.41) is 2.83. The zero-order chi connectivity index (χ0) is 19.4. The number of ether oxygens (including phenoxy) is 2. The van der Waals surface area contributed by atoms with Gasteiger partial charge in [0.05, 0.1) is 0 Å². The number of hydrogen-bond donors (Lipinski definition) is 0. The molecule has 1 aliphatic carbocycles. The Kier molecular flexibility index (Phi) is 5.85. The van der Waals surface area contributed by atoms with Crippen molar-refractivity contribution in [3.8, 4) is 0 Å². The summed E-state index contributed by atoms with van der Waals surface area (Å²) in [7, 11) is 0. The normalized spacial score (nSPS) is 22.2. The molecule has 1 aliphatic heterocycles. The summed E-state index contributed by atoms with van der Waals surface area (Å²) in [4.78, 5) is 25.5. The Hall–Kier alpha value is -2.34. The quantitative estimate of drug-likeness (QED) is 0.737. The van der Waals surface area contributed by atoms with E-state index in [1.807, 2.05) is 30.3 Å². The zero-order valence-corrected chi connectivity index (χ0v) is 16.3. The molecule has 6 nitrogen and oxygen atoms in total. The van der Waals surface area contributed by atoms with Gasteiger partial charge in [-0.1, -0.05) is 42.5 Å². The molecule has 0 bridgehead atoms. The summed E-state index contributed by atoms with van der Waals surface area (Å²) in [6.45, 7) is 6.76. The van der Waals surface area contributed by atoms with Gasteiger partial charge in [0, 0.05) is 13.1 Å². The fourth-order valence-electron chi connectivity index (χ4n) is 3.54. The predicted molar refractivity (Wildman–Crippen MR) is 102 cm³/mol. The summed E-state index contributed by atoms with van der Waals surface area (Å²) in [5.74, 6) is 0.892. The van der Waals surface area contributed by atoms with Gasteiger partial charge in [0.1, 0.15) is 12.2 Å². The molecular weight excluding hydrogens is 344 g/mol. The van der Waals surface area contributed by atoms with Crippen molar-refractivity contribution in [2.75, 3.05) is 13.1 Å². The van der Waals surface area contributed by atoms with E-state index in [-0.39, 0.29) is 6.61 Å². The maximum atomic E-state index is 12.8. The minimum Gasteiger partial charge on any atom is -0.443 e. The molecule has 2 amide bonds. The van der Waals surface area contributed by atoms with Crippen LogP contribution in [-0.4, -0.2) is 40.9 Å². The number of carbonyl (C=O) groups excluding carboxylic acids is 2. The first-order valence-corrected chi connectivity index (χ1v) is 9.47. The van der Waals surface area contributed by atoms with E-state index in [9.17, 15) is 9.59 Å². The van der Waals surface area contributed by atoms with Gasteiger partial charge >= 0.3 is 12.2 Å². The van der Waals surface area contributed by atoms with Gasteiger partial charge < -0.3 is 9.47 Å². The first-order valence-electron chi connectivity index (χ1n) is 9.47. The summed E-state index contributed by atoms with van der Waals surface area (Å²) in [6.07, 6.45) is 4.92. The van der Waals surface area contributed by atoms with E-state index in [0.717, 1.165) is 23.4 Å². The molecule has 1 saturated heterocycles. The van der Waals surface area contributed by atoms with Gasteiger partial charge in [0.2, 0.25) is 0 Å². The van der Waals surface area contributed by atoms with Gasteiger partial charge in [0.15, 0.2) is 0 Å². The van der Waals surface area contributed by atoms with Crippen LogP contribution in [0.5, 0.6) is 0 Å². The number of hydrogen-bond acceptors (Lipinski definition) is 5. The molecule has 2 atom stereocenters. The molecule has 0 aromatic heterocycles. The van der Waals surface area contributed by atoms with Gasteiger partial charge in [-0.25, -0.2) is 14.6 Å². The number of nitrogens with zero attached hydrogens (tertiary/aromatic N) is 2. The first-order chi connectivity index (χ1) is 12.8. The molecule has 1 heterocycles. The van der Waals surface area contributed by atoms with Gasteiger partial charge in [-0.05, 0) is 51.0 Å². The number of allylic oxidation sites excluding steroid dienone is 2. The van der Waals surface area contributed by atoms with Crippen LogP contribution in [0, 0.1) is 11.8 Å². The van der Waals surface area contributed by atoms with Crippen LogP contribution in [0.2, 0.25) is 0 Å². The van der Waals surface area contributed by atoms with Crippen LogP contribution in [0.4, 0.5) is 9.59 Å². The fraction of sp³-hybridized carbons (Fsp3) is 0.524. The SMILES string of the molecule is CC(C)(C)OC(=O)N(C(=O)OCc1ccccc1)N1C[C@H]2CC=CC[C@@H]2C1. The van der Waals surface area contributed by atoms with E-state index >= 15 is 0 Å². The average Bonchev–Trinajstić information content (AvgIpc) is 3.02. The molecule has 1 aromatic carbocycles. The highest BCUT2D eigenvalue weighted by Gasteiger charge is 2.41. The number of amides is 2. The Morgan fingerprint density at radius 2 is 1.63 bits per heavy atom. The molecule has 0 unspecified atom stereocenters. The second-order valence-corrected chi connectivity index (χ2v) is 8.17. The van der Waals surface area contributed by atoms with Crippen LogP contribution >= 0.6 is 0 Å². The molecule has 1 fully saturated rings. The zero-order valence-electron chi connectivity index (χ0n) is 16.3. The largest absolute Gasteiger partial charge is 0.443 e. The van der Waals surface area contributed by atoms with Crippen molar-refractivity contribution in [2.45, 2.75) is 45.8 Å². The number of rotatable bonds is 3. The Bertz CT molecular complexity index is 680. The van der Waals surface area contributed by atoms with Gasteiger partial charge in [-0.2, -0.15) is 0 Å². The number of hydrazine groups is 1. The second kappa shape index (κ2) is 8.13. The van der Waals surface area contributed by atoms with E-state index in [4.69, 9.17) is 9.47 Å². The lowest BCUT2D eigenvalue weighted by molar-refractivity contribution is -0.0396. The minimum atomic E-state index is -0.695. The van der Waals surface area contributed by atoms with E-state index in [0.29, 0.717) is 24.9 Å². The highest BCUT2D eigenvalue weighted by Crippen LogP contribution is 2.34. The van der Waals surface area contributed by atoms with Crippen molar-refractivity contribution < 1.29 is 19.1 Å². The second-order valence-electron chi connectivity index (χ2n) is 8.17. The molecule has 3 rings (SSSR count). The van der Waals surface area contributed by atoms with Crippen molar-refractivity contribution in [2.24, 2.45) is 11.8 Å². The maximum Gasteiger partial charge on any atom is 0.435 e. The summed E-state index contributed by atoms with van der Waals surface area (Å²) >= 11 is 0. The monoisotopic (exact) mass is 372 g/mol. The number of fused-ring (bicyclic) bond motifs is 1. The molecule has 0 saturated carbocycles. The molecule has 2 aliphatic rings. The summed E-state index contributed by atoms with van der Waals surface area (Å²) in [5.41, 5.74) is 0.178. The van der Waals surface area contributed by atoms with Crippen molar-refractivity contribution in [3.05, 3.63) is 48.0 Å². The number of benzene rings is 1. The van der Waals surface area contributed by atoms with Crippen LogP contribution in [-0.2, 0) is 16.1 Å². The van der Waals surface area contributed by atoms with Crippen molar-refractivity contribution in [1.29, 1.82) is 0 Å². The van der Waals surface area contributed by atoms with E-state index in [2.05, 4.69) is 12.2 Å². The predicted octanol–water partition coefficient (Wildman–Crippen LogP) is 4.37. The van der Waals surface area contributed by atoms with Gasteiger partial charge in [-0.3, -0.25) is 0 Å². The minimum absolute atomic E-state index is 0.112. The molecule has 0 N–H and O–H groups in total. The van der Waals surface area contributed by atoms with Crippen LogP contribution in [0.25, 0.3) is 0 Å². The highest BCUT2D eigenvalue weighted by molar-refractivity contribution is 5.87. The third kappa shape index (κ3) is 5.10. The third-order valence-corrected chi connectivity index (χ3v) is 4.83. The van der Waals surface area contributed by atoms with Crippen molar-refractivity contribution in [3.63, 3.8) is 0 Å². The fourth-order valence-corrected chi connectivity index (χ4v) is 3.54. The Labute approximate surface area is 160 Å². The smallest absolute Gasteiger partial charge is 0.435 e. The van der Waals surface area contributed by atoms with E-state index in [1.165, 1.54) is 0 Å². The molecule has 27 heavy (non-hydrogen) atoms. The van der Waals surface area contributed by atoms with Crippen LogP contribution in [0.1, 0.15) is 39.2 Å². The van der Waals surface area contributed by atoms with E-state index < -0.39 is 17.8 Å². The van der Waals surface area contributed by atoms with Crippen LogP contribution in [0.3, 0.4) is 0 Å². The Balaban J connectivity index is 1.71. The molecule has 146 valence electrons. The molecule has 0 radical (unpaired) electrons. The third-order valence-electron chi connectivity index (χ3n) is 4.83. The lowest BCUT2D eigenvalue weighted by Crippen LogP contribution is -2.51. The highest BCUT2D eigenvalue weighted by atomic mass is 16.6. The number of carbonyl (C=O) groups is 2. The summed E-state index contributed by atoms with van der Waals surface area (Å²) in [6, 6.07) is 9.42. The Morgan fingerprint density at radius 1 is 1.04 bits per heavy atom. The summed E-state index contributed by atoms with van der Waals surface area (Å²) < 4.78 is 10.9. The molecule has 1 aromatic rings. The van der Waals surface area contributed by atoms with Crippen LogP contribution < -0.4 is 0 Å². The lowest BCUT2D eigenvalue weighted by Gasteiger charge is -2.31. The van der Waals surface area contributed by atoms with E-state index in [1.54, 1.807) is 25.8 Å². The van der Waals surface area contributed by atoms with Crippen molar-refractivity contribution in [1.82, 2.24) is 10.0 Å². The molecule has 0 spiro atoms. The maximum absolute atomic E-state index is 12.8. The first kappa shape index (κ1) is 19.4. The van der Waals surface area contributed by atoms with Gasteiger partial charge in [0.25, 0.3) is 0 Å². The topological polar surface area (TPSA) is 59.1 Å². The Morgan fingerprint density at radius 3 is 2.19 bits per heavy atom. The van der Waals surface area contributed by atoms with Crippen LogP contribution in [0.15, 0.2) is 42.5 Å². The number of imide groups is 1. The molecular formula is C21H28N2O4. The lowest BCUT2D eigenvalue weighted by atomic mass is 9.86. The van der Waals surface area contributed by atoms with Crippen molar-refractivity contribution >= 4 is 12.2 Å². The average molecular weight is 372 g/mol. The molecule has 6 heteroatoms. The van der Waals surface area contributed by atoms with Gasteiger partial charge in [-0.15, -0.1) is 5.01 Å². The standard InChI is InChI=1S/C21H28N2O4/c1-21(2,3)27-20(25)23(19(24)26-15-16-9-5-4-6-10-16)22-13-17-11-7-8-12-18(17)14-22/h4-10,17-18H,11-15H2,1-3H3/t17-,18-/m1/s1.